The Kier molecular flexibility index (Phi) is 7.87. The molecule has 1 amide bonds. The second-order valence-corrected chi connectivity index (χ2v) is 10.4. The lowest BCUT2D eigenvalue weighted by atomic mass is 10.0. The van der Waals surface area contributed by atoms with Crippen molar-refractivity contribution in [1.82, 2.24) is 14.9 Å². The third-order valence-electron chi connectivity index (χ3n) is 7.12. The maximum atomic E-state index is 12.6. The lowest BCUT2D eigenvalue weighted by Gasteiger charge is -2.35. The number of rotatable bonds is 7. The summed E-state index contributed by atoms with van der Waals surface area (Å²) in [7, 11) is 0. The summed E-state index contributed by atoms with van der Waals surface area (Å²) in [6.07, 6.45) is 1.84. The Morgan fingerprint density at radius 1 is 0.800 bits per heavy atom. The number of hydrogen-bond acceptors (Lipinski definition) is 6. The molecule has 6 rings (SSSR count). The summed E-state index contributed by atoms with van der Waals surface area (Å²) in [5.41, 5.74) is 6.53. The molecule has 0 saturated carbocycles. The fourth-order valence-electron chi connectivity index (χ4n) is 4.82. The zero-order chi connectivity index (χ0) is 27.3. The number of fused-ring (bicyclic) bond motifs is 1. The van der Waals surface area contributed by atoms with Crippen molar-refractivity contribution in [3.8, 4) is 11.1 Å². The van der Waals surface area contributed by atoms with Crippen LogP contribution in [0.1, 0.15) is 10.4 Å². The van der Waals surface area contributed by atoms with E-state index >= 15 is 0 Å². The van der Waals surface area contributed by atoms with Gasteiger partial charge in [-0.05, 0) is 71.8 Å². The number of nitrogens with zero attached hydrogens (tertiary/aromatic N) is 4. The minimum atomic E-state index is -0.131. The van der Waals surface area contributed by atoms with Crippen LogP contribution in [0.4, 0.5) is 23.0 Å². The number of alkyl halides is 1. The summed E-state index contributed by atoms with van der Waals surface area (Å²) in [5, 5.41) is 7.21. The van der Waals surface area contributed by atoms with Gasteiger partial charge in [0.25, 0.3) is 5.91 Å². The van der Waals surface area contributed by atoms with Crippen LogP contribution in [0.2, 0.25) is 0 Å². The molecule has 1 aliphatic heterocycles. The van der Waals surface area contributed by atoms with Gasteiger partial charge in [-0.2, -0.15) is 0 Å². The number of carbonyl (C=O) groups is 1. The molecule has 1 aliphatic rings. The molecule has 0 aliphatic carbocycles. The number of piperazine rings is 1. The van der Waals surface area contributed by atoms with Crippen molar-refractivity contribution in [3.05, 3.63) is 109 Å². The third kappa shape index (κ3) is 6.08. The summed E-state index contributed by atoms with van der Waals surface area (Å²) in [4.78, 5) is 26.7. The van der Waals surface area contributed by atoms with Crippen molar-refractivity contribution in [1.29, 1.82) is 0 Å². The zero-order valence-electron chi connectivity index (χ0n) is 21.9. The van der Waals surface area contributed by atoms with Crippen molar-refractivity contribution in [2.75, 3.05) is 46.3 Å². The minimum absolute atomic E-state index is 0.131. The number of anilines is 4. The van der Waals surface area contributed by atoms with Gasteiger partial charge in [0.15, 0.2) is 0 Å². The third-order valence-corrected chi connectivity index (χ3v) is 8.09. The molecule has 0 unspecified atom stereocenters. The van der Waals surface area contributed by atoms with Gasteiger partial charge in [-0.25, -0.2) is 9.97 Å². The van der Waals surface area contributed by atoms with Gasteiger partial charge in [0.1, 0.15) is 0 Å². The highest BCUT2D eigenvalue weighted by atomic mass is 127. The molecule has 2 heterocycles. The largest absolute Gasteiger partial charge is 0.369 e. The summed E-state index contributed by atoms with van der Waals surface area (Å²) >= 11 is 2.43. The molecule has 0 bridgehead atoms. The van der Waals surface area contributed by atoms with E-state index < -0.39 is 0 Å². The highest BCUT2D eigenvalue weighted by molar-refractivity contribution is 14.1. The van der Waals surface area contributed by atoms with Crippen LogP contribution in [0.5, 0.6) is 0 Å². The van der Waals surface area contributed by atoms with Gasteiger partial charge in [0.05, 0.1) is 10.1 Å². The molecule has 4 aromatic carbocycles. The van der Waals surface area contributed by atoms with Crippen molar-refractivity contribution < 1.29 is 4.79 Å². The van der Waals surface area contributed by atoms with Crippen LogP contribution in [-0.2, 0) is 0 Å². The molecular formula is C32H29IN6O. The molecule has 8 heteroatoms. The molecular weight excluding hydrogens is 611 g/mol. The fourth-order valence-corrected chi connectivity index (χ4v) is 5.50. The molecule has 1 aromatic heterocycles. The van der Waals surface area contributed by atoms with Crippen molar-refractivity contribution in [2.24, 2.45) is 0 Å². The Morgan fingerprint density at radius 3 is 2.25 bits per heavy atom. The fraction of sp³-hybridized carbons (Fsp3) is 0.156. The maximum absolute atomic E-state index is 12.6. The van der Waals surface area contributed by atoms with E-state index in [1.165, 1.54) is 5.69 Å². The van der Waals surface area contributed by atoms with Crippen LogP contribution < -0.4 is 15.5 Å². The molecule has 7 nitrogen and oxygen atoms in total. The Balaban J connectivity index is 1.11. The number of carbonyl (C=O) groups excluding carboxylic acids is 1. The molecule has 40 heavy (non-hydrogen) atoms. The Bertz CT molecular complexity index is 1600. The van der Waals surface area contributed by atoms with Gasteiger partial charge < -0.3 is 15.5 Å². The smallest absolute Gasteiger partial charge is 0.255 e. The average molecular weight is 641 g/mol. The van der Waals surface area contributed by atoms with Crippen molar-refractivity contribution in [3.63, 3.8) is 0 Å². The van der Waals surface area contributed by atoms with E-state index in [0.29, 0.717) is 11.5 Å². The molecule has 0 radical (unpaired) electrons. The van der Waals surface area contributed by atoms with E-state index in [4.69, 9.17) is 4.98 Å². The van der Waals surface area contributed by atoms with Gasteiger partial charge in [-0.3, -0.25) is 9.69 Å². The normalized spacial score (nSPS) is 13.8. The SMILES string of the molecule is O=C(Nc1ccccc1)c1ccc(-c2ccc3nc(Nc4ccc(N5CCN(CI)CC5)cc4)ncc3c2)cc1. The van der Waals surface area contributed by atoms with Crippen LogP contribution in [-0.4, -0.2) is 51.5 Å². The number of halogens is 1. The first-order valence-electron chi connectivity index (χ1n) is 13.3. The minimum Gasteiger partial charge on any atom is -0.369 e. The van der Waals surface area contributed by atoms with Crippen LogP contribution in [0.25, 0.3) is 22.0 Å². The number of benzene rings is 4. The summed E-state index contributed by atoms with van der Waals surface area (Å²) in [6.45, 7) is 4.32. The topological polar surface area (TPSA) is 73.4 Å². The predicted octanol–water partition coefficient (Wildman–Crippen LogP) is 6.81. The average Bonchev–Trinajstić information content (AvgIpc) is 3.02. The molecule has 0 atom stereocenters. The van der Waals surface area contributed by atoms with Crippen molar-refractivity contribution in [2.45, 2.75) is 0 Å². The standard InChI is InChI=1S/C32H29IN6O/c33-22-38-16-18-39(19-17-38)29-13-11-28(12-14-29)36-32-34-21-26-20-25(10-15-30(26)37-32)23-6-8-24(9-7-23)31(40)35-27-4-2-1-3-5-27/h1-15,20-21H,16-19,22H2,(H,35,40)(H,34,36,37). The summed E-state index contributed by atoms with van der Waals surface area (Å²) in [6, 6.07) is 31.7. The second kappa shape index (κ2) is 12.0. The lowest BCUT2D eigenvalue weighted by Crippen LogP contribution is -2.45. The first kappa shape index (κ1) is 26.2. The summed E-state index contributed by atoms with van der Waals surface area (Å²) in [5.74, 6) is 0.436. The zero-order valence-corrected chi connectivity index (χ0v) is 24.1. The monoisotopic (exact) mass is 640 g/mol. The van der Waals surface area contributed by atoms with Gasteiger partial charge in [-0.15, -0.1) is 0 Å². The molecule has 0 spiro atoms. The number of hydrogen-bond donors (Lipinski definition) is 2. The van der Waals surface area contributed by atoms with Crippen LogP contribution in [0.15, 0.2) is 103 Å². The number of amides is 1. The van der Waals surface area contributed by atoms with Crippen LogP contribution >= 0.6 is 22.6 Å². The Morgan fingerprint density at radius 2 is 1.52 bits per heavy atom. The van der Waals surface area contributed by atoms with Gasteiger partial charge in [0, 0.05) is 60.4 Å². The van der Waals surface area contributed by atoms with E-state index in [9.17, 15) is 4.79 Å². The van der Waals surface area contributed by atoms with E-state index in [0.717, 1.165) is 64.1 Å². The van der Waals surface area contributed by atoms with Gasteiger partial charge in [-0.1, -0.05) is 59.0 Å². The summed E-state index contributed by atoms with van der Waals surface area (Å²) < 4.78 is 1.09. The van der Waals surface area contributed by atoms with Crippen LogP contribution in [0.3, 0.4) is 0 Å². The second-order valence-electron chi connectivity index (χ2n) is 9.76. The molecule has 5 aromatic rings. The highest BCUT2D eigenvalue weighted by Gasteiger charge is 2.16. The molecule has 2 N–H and O–H groups in total. The van der Waals surface area contributed by atoms with Crippen LogP contribution in [0, 0.1) is 0 Å². The van der Waals surface area contributed by atoms with E-state index in [2.05, 4.69) is 78.3 Å². The predicted molar refractivity (Wildman–Crippen MR) is 172 cm³/mol. The molecule has 1 fully saturated rings. The quantitative estimate of drug-likeness (QED) is 0.116. The Hall–Kier alpha value is -4.02. The van der Waals surface area contributed by atoms with Gasteiger partial charge >= 0.3 is 0 Å². The number of para-hydroxylation sites is 1. The van der Waals surface area contributed by atoms with E-state index in [-0.39, 0.29) is 5.91 Å². The number of aromatic nitrogens is 2. The van der Waals surface area contributed by atoms with Crippen molar-refractivity contribution >= 4 is 62.4 Å². The number of nitrogens with one attached hydrogen (secondary N) is 2. The Labute approximate surface area is 247 Å². The van der Waals surface area contributed by atoms with Gasteiger partial charge in [0.2, 0.25) is 5.95 Å². The first-order chi connectivity index (χ1) is 19.6. The van der Waals surface area contributed by atoms with E-state index in [1.54, 1.807) is 0 Å². The highest BCUT2D eigenvalue weighted by Crippen LogP contribution is 2.26. The first-order valence-corrected chi connectivity index (χ1v) is 14.8. The maximum Gasteiger partial charge on any atom is 0.255 e. The van der Waals surface area contributed by atoms with E-state index in [1.807, 2.05) is 72.9 Å². The molecule has 1 saturated heterocycles. The lowest BCUT2D eigenvalue weighted by molar-refractivity contribution is 0.102. The molecule has 200 valence electrons.